The monoisotopic (exact) mass is 236 g/mol. The molecule has 0 atom stereocenters. The molecule has 0 aliphatic rings. The molecule has 78 valence electrons. The second-order valence-corrected chi connectivity index (χ2v) is 9.51. The topological polar surface area (TPSA) is 17.1 Å². The fraction of sp³-hybridized carbons (Fsp3) is 0.250. The predicted molar refractivity (Wildman–Crippen MR) is 67.1 cm³/mol. The van der Waals surface area contributed by atoms with E-state index in [2.05, 4.69) is 31.1 Å². The molecule has 0 amide bonds. The molecule has 0 spiro atoms. The third-order valence-corrected chi connectivity index (χ3v) is 2.89. The highest BCUT2D eigenvalue weighted by Gasteiger charge is 2.08. The fourth-order valence-electron chi connectivity index (χ4n) is 0.961. The van der Waals surface area contributed by atoms with E-state index in [1.165, 1.54) is 0 Å². The lowest BCUT2D eigenvalue weighted by Crippen LogP contribution is -2.16. The minimum Gasteiger partial charge on any atom is -0.298 e. The van der Waals surface area contributed by atoms with Gasteiger partial charge in [0.25, 0.3) is 0 Å². The molecule has 0 aliphatic heterocycles. The van der Waals surface area contributed by atoms with Crippen LogP contribution in [0.3, 0.4) is 0 Å². The standard InChI is InChI=1S/C12H13ClOSi/c1-15(2,3)7-6-11-5-4-10(9-14)8-12(11)13/h4-5,8-9H,1-3H3. The van der Waals surface area contributed by atoms with Gasteiger partial charge in [0.2, 0.25) is 0 Å². The van der Waals surface area contributed by atoms with E-state index in [1.54, 1.807) is 18.2 Å². The van der Waals surface area contributed by atoms with Gasteiger partial charge in [-0.15, -0.1) is 5.54 Å². The van der Waals surface area contributed by atoms with Gasteiger partial charge in [-0.25, -0.2) is 0 Å². The van der Waals surface area contributed by atoms with Gasteiger partial charge in [-0.3, -0.25) is 4.79 Å². The van der Waals surface area contributed by atoms with Crippen LogP contribution in [0, 0.1) is 11.5 Å². The van der Waals surface area contributed by atoms with Gasteiger partial charge in [0.05, 0.1) is 5.02 Å². The van der Waals surface area contributed by atoms with E-state index in [9.17, 15) is 4.79 Å². The molecule has 0 aromatic heterocycles. The van der Waals surface area contributed by atoms with Crippen LogP contribution in [-0.2, 0) is 0 Å². The lowest BCUT2D eigenvalue weighted by molar-refractivity contribution is 0.112. The molecule has 0 heterocycles. The zero-order valence-electron chi connectivity index (χ0n) is 9.10. The van der Waals surface area contributed by atoms with Gasteiger partial charge >= 0.3 is 0 Å². The van der Waals surface area contributed by atoms with Crippen LogP contribution in [0.5, 0.6) is 0 Å². The highest BCUT2D eigenvalue weighted by molar-refractivity contribution is 6.83. The van der Waals surface area contributed by atoms with Crippen LogP contribution in [0.15, 0.2) is 18.2 Å². The Balaban J connectivity index is 3.06. The van der Waals surface area contributed by atoms with E-state index in [1.807, 2.05) is 0 Å². The number of hydrogen-bond donors (Lipinski definition) is 0. The summed E-state index contributed by atoms with van der Waals surface area (Å²) in [6.07, 6.45) is 0.779. The zero-order chi connectivity index (χ0) is 11.5. The molecule has 1 aromatic rings. The smallest absolute Gasteiger partial charge is 0.150 e. The Morgan fingerprint density at radius 2 is 2.00 bits per heavy atom. The van der Waals surface area contributed by atoms with Crippen molar-refractivity contribution in [2.24, 2.45) is 0 Å². The Morgan fingerprint density at radius 3 is 2.47 bits per heavy atom. The maximum atomic E-state index is 10.5. The summed E-state index contributed by atoms with van der Waals surface area (Å²) in [6, 6.07) is 5.16. The van der Waals surface area contributed by atoms with Crippen molar-refractivity contribution >= 4 is 26.0 Å². The van der Waals surface area contributed by atoms with Crippen molar-refractivity contribution in [2.45, 2.75) is 19.6 Å². The highest BCUT2D eigenvalue weighted by atomic mass is 35.5. The summed E-state index contributed by atoms with van der Waals surface area (Å²) in [5, 5.41) is 0.547. The normalized spacial score (nSPS) is 10.4. The lowest BCUT2D eigenvalue weighted by atomic mass is 10.1. The Labute approximate surface area is 96.5 Å². The van der Waals surface area contributed by atoms with Gasteiger partial charge in [0.15, 0.2) is 0 Å². The second kappa shape index (κ2) is 4.65. The molecule has 1 aromatic carbocycles. The molecule has 0 N–H and O–H groups in total. The van der Waals surface area contributed by atoms with Crippen molar-refractivity contribution in [1.29, 1.82) is 0 Å². The molecular weight excluding hydrogens is 224 g/mol. The number of benzene rings is 1. The molecule has 0 saturated heterocycles. The van der Waals surface area contributed by atoms with Crippen molar-refractivity contribution in [1.82, 2.24) is 0 Å². The summed E-state index contributed by atoms with van der Waals surface area (Å²) in [7, 11) is -1.37. The maximum absolute atomic E-state index is 10.5. The summed E-state index contributed by atoms with van der Waals surface area (Å²) < 4.78 is 0. The zero-order valence-corrected chi connectivity index (χ0v) is 10.9. The van der Waals surface area contributed by atoms with E-state index < -0.39 is 8.07 Å². The van der Waals surface area contributed by atoms with Crippen molar-refractivity contribution in [3.8, 4) is 11.5 Å². The maximum Gasteiger partial charge on any atom is 0.150 e. The Hall–Kier alpha value is -1.04. The lowest BCUT2D eigenvalue weighted by Gasteiger charge is -2.04. The molecule has 0 radical (unpaired) electrons. The number of halogens is 1. The molecule has 0 aliphatic carbocycles. The number of carbonyl (C=O) groups excluding carboxylic acids is 1. The minimum atomic E-state index is -1.37. The van der Waals surface area contributed by atoms with Crippen LogP contribution in [0.25, 0.3) is 0 Å². The Morgan fingerprint density at radius 1 is 1.33 bits per heavy atom. The van der Waals surface area contributed by atoms with Gasteiger partial charge in [-0.1, -0.05) is 43.2 Å². The predicted octanol–water partition coefficient (Wildman–Crippen LogP) is 3.38. The SMILES string of the molecule is C[Si](C)(C)C#Cc1ccc(C=O)cc1Cl. The van der Waals surface area contributed by atoms with Gasteiger partial charge in [-0.05, 0) is 12.1 Å². The van der Waals surface area contributed by atoms with Crippen LogP contribution in [0.4, 0.5) is 0 Å². The average Bonchev–Trinajstić information content (AvgIpc) is 2.14. The van der Waals surface area contributed by atoms with Crippen molar-refractivity contribution in [3.05, 3.63) is 34.3 Å². The molecule has 0 bridgehead atoms. The first-order valence-corrected chi connectivity index (χ1v) is 8.58. The number of rotatable bonds is 1. The molecule has 0 fully saturated rings. The van der Waals surface area contributed by atoms with Gasteiger partial charge < -0.3 is 0 Å². The van der Waals surface area contributed by atoms with Crippen LogP contribution in [-0.4, -0.2) is 14.4 Å². The molecule has 0 unspecified atom stereocenters. The Bertz CT molecular complexity index is 435. The summed E-state index contributed by atoms with van der Waals surface area (Å²) in [4.78, 5) is 10.5. The summed E-state index contributed by atoms with van der Waals surface area (Å²) >= 11 is 5.99. The van der Waals surface area contributed by atoms with Gasteiger partial charge in [0, 0.05) is 11.1 Å². The Kier molecular flexibility index (Phi) is 3.73. The molecule has 3 heteroatoms. The number of carbonyl (C=O) groups is 1. The largest absolute Gasteiger partial charge is 0.298 e. The first-order valence-electron chi connectivity index (χ1n) is 4.70. The second-order valence-electron chi connectivity index (χ2n) is 4.36. The third kappa shape index (κ3) is 3.91. The van der Waals surface area contributed by atoms with Crippen molar-refractivity contribution < 1.29 is 4.79 Å². The quantitative estimate of drug-likeness (QED) is 0.415. The van der Waals surface area contributed by atoms with E-state index in [4.69, 9.17) is 11.6 Å². The first kappa shape index (κ1) is 12.0. The summed E-state index contributed by atoms with van der Waals surface area (Å²) in [5.41, 5.74) is 4.61. The van der Waals surface area contributed by atoms with E-state index in [-0.39, 0.29) is 0 Å². The van der Waals surface area contributed by atoms with E-state index in [0.29, 0.717) is 10.6 Å². The fourth-order valence-corrected chi connectivity index (χ4v) is 1.71. The summed E-state index contributed by atoms with van der Waals surface area (Å²) in [5.74, 6) is 3.07. The molecule has 1 rings (SSSR count). The van der Waals surface area contributed by atoms with Crippen LogP contribution in [0.1, 0.15) is 15.9 Å². The van der Waals surface area contributed by atoms with Gasteiger partial charge in [-0.2, -0.15) is 0 Å². The van der Waals surface area contributed by atoms with Crippen LogP contribution in [0.2, 0.25) is 24.7 Å². The average molecular weight is 237 g/mol. The minimum absolute atomic E-state index is 0.547. The first-order chi connectivity index (χ1) is 6.92. The van der Waals surface area contributed by atoms with E-state index >= 15 is 0 Å². The van der Waals surface area contributed by atoms with Crippen LogP contribution < -0.4 is 0 Å². The van der Waals surface area contributed by atoms with E-state index in [0.717, 1.165) is 11.8 Å². The molecular formula is C12H13ClOSi. The molecule has 15 heavy (non-hydrogen) atoms. The van der Waals surface area contributed by atoms with Crippen molar-refractivity contribution in [3.63, 3.8) is 0 Å². The number of hydrogen-bond acceptors (Lipinski definition) is 1. The third-order valence-electron chi connectivity index (χ3n) is 1.70. The van der Waals surface area contributed by atoms with Crippen LogP contribution >= 0.6 is 11.6 Å². The summed E-state index contributed by atoms with van der Waals surface area (Å²) in [6.45, 7) is 6.52. The molecule has 1 nitrogen and oxygen atoms in total. The number of aldehydes is 1. The molecule has 0 saturated carbocycles. The van der Waals surface area contributed by atoms with Gasteiger partial charge in [0.1, 0.15) is 14.4 Å². The van der Waals surface area contributed by atoms with Crippen molar-refractivity contribution in [2.75, 3.05) is 0 Å². The highest BCUT2D eigenvalue weighted by Crippen LogP contribution is 2.16.